The molecule has 0 fully saturated rings. The van der Waals surface area contributed by atoms with Crippen molar-refractivity contribution >= 4 is 5.97 Å². The summed E-state index contributed by atoms with van der Waals surface area (Å²) in [6.07, 6.45) is 21.4. The molecular formula is C30H64O8. The smallest absolute Gasteiger partial charge is 0.303 e. The second-order valence-corrected chi connectivity index (χ2v) is 10.7. The van der Waals surface area contributed by atoms with Crippen molar-refractivity contribution in [2.24, 2.45) is 10.8 Å². The van der Waals surface area contributed by atoms with Gasteiger partial charge in [0.05, 0.1) is 39.6 Å². The van der Waals surface area contributed by atoms with Crippen LogP contribution in [0.3, 0.4) is 0 Å². The van der Waals surface area contributed by atoms with Crippen molar-refractivity contribution in [1.29, 1.82) is 0 Å². The van der Waals surface area contributed by atoms with Gasteiger partial charge in [0, 0.05) is 17.3 Å². The summed E-state index contributed by atoms with van der Waals surface area (Å²) in [7, 11) is 0. The molecule has 0 rings (SSSR count). The molecule has 0 aromatic heterocycles. The van der Waals surface area contributed by atoms with Crippen LogP contribution in [-0.2, 0) is 4.79 Å². The van der Waals surface area contributed by atoms with E-state index >= 15 is 0 Å². The fourth-order valence-electron chi connectivity index (χ4n) is 3.62. The van der Waals surface area contributed by atoms with Crippen LogP contribution in [0, 0.1) is 10.8 Å². The van der Waals surface area contributed by atoms with Gasteiger partial charge in [0.25, 0.3) is 0 Å². The van der Waals surface area contributed by atoms with E-state index in [0.29, 0.717) is 19.3 Å². The van der Waals surface area contributed by atoms with Crippen LogP contribution in [0.5, 0.6) is 0 Å². The van der Waals surface area contributed by atoms with Gasteiger partial charge in [-0.3, -0.25) is 4.79 Å². The molecule has 0 unspecified atom stereocenters. The first-order valence-corrected chi connectivity index (χ1v) is 15.1. The van der Waals surface area contributed by atoms with Gasteiger partial charge in [-0.15, -0.1) is 0 Å². The number of hydrogen-bond donors (Lipinski definition) is 7. The number of hydrogen-bond acceptors (Lipinski definition) is 7. The van der Waals surface area contributed by atoms with Gasteiger partial charge in [0.1, 0.15) is 0 Å². The average molecular weight is 553 g/mol. The molecule has 0 aliphatic heterocycles. The maximum absolute atomic E-state index is 10.3. The summed E-state index contributed by atoms with van der Waals surface area (Å²) in [5.41, 5.74) is -1.33. The predicted molar refractivity (Wildman–Crippen MR) is 155 cm³/mol. The van der Waals surface area contributed by atoms with Crippen molar-refractivity contribution < 1.29 is 40.5 Å². The number of aliphatic hydroxyl groups is 6. The monoisotopic (exact) mass is 552 g/mol. The van der Waals surface area contributed by atoms with E-state index in [1.54, 1.807) is 0 Å². The van der Waals surface area contributed by atoms with E-state index in [2.05, 4.69) is 6.92 Å². The summed E-state index contributed by atoms with van der Waals surface area (Å²) in [6, 6.07) is 0. The number of carboxylic acid groups (broad SMARTS) is 1. The molecule has 7 N–H and O–H groups in total. The van der Waals surface area contributed by atoms with Gasteiger partial charge in [0.15, 0.2) is 0 Å². The lowest BCUT2D eigenvalue weighted by Crippen LogP contribution is -2.32. The van der Waals surface area contributed by atoms with Crippen molar-refractivity contribution in [2.45, 2.75) is 136 Å². The molecule has 8 heteroatoms. The fraction of sp³-hybridized carbons (Fsp3) is 0.967. The zero-order valence-corrected chi connectivity index (χ0v) is 25.0. The highest BCUT2D eigenvalue weighted by Gasteiger charge is 2.25. The number of aliphatic carboxylic acids is 1. The molecule has 0 aromatic rings. The largest absolute Gasteiger partial charge is 0.481 e. The first kappa shape index (κ1) is 41.7. The predicted octanol–water partition coefficient (Wildman–Crippen LogP) is 5.05. The molecule has 38 heavy (non-hydrogen) atoms. The van der Waals surface area contributed by atoms with Gasteiger partial charge < -0.3 is 35.7 Å². The molecule has 0 heterocycles. The summed E-state index contributed by atoms with van der Waals surface area (Å²) in [6.45, 7) is 4.98. The Morgan fingerprint density at radius 2 is 0.684 bits per heavy atom. The molecule has 0 aromatic carbocycles. The Labute approximate surface area is 233 Å². The van der Waals surface area contributed by atoms with E-state index in [4.69, 9.17) is 35.7 Å². The van der Waals surface area contributed by atoms with E-state index in [1.807, 2.05) is 13.8 Å². The molecular weight excluding hydrogens is 488 g/mol. The lowest BCUT2D eigenvalue weighted by Gasteiger charge is -2.24. The Balaban J connectivity index is -0.000000563. The number of carboxylic acids is 1. The Bertz CT molecular complexity index is 410. The van der Waals surface area contributed by atoms with Crippen LogP contribution in [-0.4, -0.2) is 81.4 Å². The van der Waals surface area contributed by atoms with Crippen LogP contribution in [0.2, 0.25) is 0 Å². The number of carbonyl (C=O) groups is 1. The second-order valence-electron chi connectivity index (χ2n) is 10.7. The Morgan fingerprint density at radius 1 is 0.447 bits per heavy atom. The zero-order chi connectivity index (χ0) is 29.5. The summed E-state index contributed by atoms with van der Waals surface area (Å²) >= 11 is 0. The van der Waals surface area contributed by atoms with E-state index in [0.717, 1.165) is 12.8 Å². The van der Waals surface area contributed by atoms with Gasteiger partial charge in [-0.2, -0.15) is 0 Å². The van der Waals surface area contributed by atoms with Gasteiger partial charge in [-0.25, -0.2) is 0 Å². The minimum absolute atomic E-state index is 0.156. The van der Waals surface area contributed by atoms with Crippen LogP contribution in [0.1, 0.15) is 136 Å². The minimum atomic E-state index is -0.667. The van der Waals surface area contributed by atoms with E-state index in [1.165, 1.54) is 83.5 Å². The summed E-state index contributed by atoms with van der Waals surface area (Å²) in [5.74, 6) is -0.653. The van der Waals surface area contributed by atoms with E-state index in [-0.39, 0.29) is 39.6 Å². The highest BCUT2D eigenvalue weighted by molar-refractivity contribution is 5.66. The molecule has 0 aliphatic carbocycles. The third kappa shape index (κ3) is 25.5. The first-order valence-electron chi connectivity index (χ1n) is 15.1. The molecule has 8 nitrogen and oxygen atoms in total. The Kier molecular flexibility index (Phi) is 33.8. The summed E-state index contributed by atoms with van der Waals surface area (Å²) in [4.78, 5) is 10.3. The first-order chi connectivity index (χ1) is 18.3. The van der Waals surface area contributed by atoms with Crippen molar-refractivity contribution in [1.82, 2.24) is 0 Å². The fourth-order valence-corrected chi connectivity index (χ4v) is 3.62. The normalized spacial score (nSPS) is 11.4. The molecule has 0 saturated heterocycles. The van der Waals surface area contributed by atoms with Crippen molar-refractivity contribution in [3.05, 3.63) is 0 Å². The molecule has 0 atom stereocenters. The molecule has 0 amide bonds. The topological polar surface area (TPSA) is 159 Å². The maximum Gasteiger partial charge on any atom is 0.303 e. The second kappa shape index (κ2) is 30.8. The SMILES string of the molecule is CCC(CO)(CO)CO.CCC(CO)(CO)CO.CCCCCCCCCCCCCCCCCC(=O)O. The zero-order valence-electron chi connectivity index (χ0n) is 25.0. The molecule has 0 radical (unpaired) electrons. The Hall–Kier alpha value is -0.770. The van der Waals surface area contributed by atoms with Gasteiger partial charge in [-0.1, -0.05) is 111 Å². The van der Waals surface area contributed by atoms with E-state index < -0.39 is 16.8 Å². The van der Waals surface area contributed by atoms with Gasteiger partial charge >= 0.3 is 5.97 Å². The minimum Gasteiger partial charge on any atom is -0.481 e. The lowest BCUT2D eigenvalue weighted by molar-refractivity contribution is -0.137. The Morgan fingerprint density at radius 3 is 0.842 bits per heavy atom. The highest BCUT2D eigenvalue weighted by Crippen LogP contribution is 2.19. The van der Waals surface area contributed by atoms with E-state index in [9.17, 15) is 4.79 Å². The van der Waals surface area contributed by atoms with Crippen LogP contribution in [0.15, 0.2) is 0 Å². The van der Waals surface area contributed by atoms with Crippen molar-refractivity contribution in [3.63, 3.8) is 0 Å². The standard InChI is InChI=1S/C18H36O2.2C6H14O3/c1-2-3-4-5-6-7-8-9-10-11-12-13-14-15-16-17-18(19)20;2*1-2-6(3-7,4-8)5-9/h2-17H2,1H3,(H,19,20);2*7-9H,2-5H2,1H3. The van der Waals surface area contributed by atoms with Gasteiger partial charge in [0.2, 0.25) is 0 Å². The number of aliphatic hydroxyl groups excluding tert-OH is 6. The third-order valence-corrected chi connectivity index (χ3v) is 7.51. The van der Waals surface area contributed by atoms with Crippen LogP contribution in [0.4, 0.5) is 0 Å². The van der Waals surface area contributed by atoms with Crippen LogP contribution >= 0.6 is 0 Å². The number of unbranched alkanes of at least 4 members (excludes halogenated alkanes) is 14. The third-order valence-electron chi connectivity index (χ3n) is 7.51. The van der Waals surface area contributed by atoms with Gasteiger partial charge in [-0.05, 0) is 19.3 Å². The van der Waals surface area contributed by atoms with Crippen molar-refractivity contribution in [2.75, 3.05) is 39.6 Å². The highest BCUT2D eigenvalue weighted by atomic mass is 16.4. The molecule has 0 bridgehead atoms. The summed E-state index contributed by atoms with van der Waals surface area (Å²) < 4.78 is 0. The van der Waals surface area contributed by atoms with Crippen molar-refractivity contribution in [3.8, 4) is 0 Å². The summed E-state index contributed by atoms with van der Waals surface area (Å²) in [5, 5.41) is 60.5. The quantitative estimate of drug-likeness (QED) is 0.0819. The molecule has 0 saturated carbocycles. The maximum atomic E-state index is 10.3. The molecule has 0 spiro atoms. The number of rotatable bonds is 24. The van der Waals surface area contributed by atoms with Crippen LogP contribution < -0.4 is 0 Å². The van der Waals surface area contributed by atoms with Crippen LogP contribution in [0.25, 0.3) is 0 Å². The molecule has 232 valence electrons. The lowest BCUT2D eigenvalue weighted by atomic mass is 9.88. The average Bonchev–Trinajstić information content (AvgIpc) is 2.94. The molecule has 0 aliphatic rings.